The molecule has 2 aromatic heterocycles. The van der Waals surface area contributed by atoms with Crippen LogP contribution in [0.1, 0.15) is 41.4 Å². The summed E-state index contributed by atoms with van der Waals surface area (Å²) in [4.78, 5) is 18.3. The zero-order valence-corrected chi connectivity index (χ0v) is 17.6. The third kappa shape index (κ3) is 3.09. The van der Waals surface area contributed by atoms with Gasteiger partial charge in [0, 0.05) is 16.5 Å². The maximum absolute atomic E-state index is 13.6. The summed E-state index contributed by atoms with van der Waals surface area (Å²) in [6, 6.07) is 20.3. The lowest BCUT2D eigenvalue weighted by Crippen LogP contribution is -2.21. The Morgan fingerprint density at radius 1 is 1.07 bits per heavy atom. The van der Waals surface area contributed by atoms with Crippen LogP contribution < -0.4 is 0 Å². The molecular weight excluding hydrogens is 390 g/mol. The molecule has 0 radical (unpaired) electrons. The second-order valence-corrected chi connectivity index (χ2v) is 9.06. The van der Waals surface area contributed by atoms with Crippen LogP contribution in [0, 0.1) is 11.3 Å². The van der Waals surface area contributed by atoms with Gasteiger partial charge in [-0.2, -0.15) is 5.26 Å². The zero-order valence-electron chi connectivity index (χ0n) is 16.8. The smallest absolute Gasteiger partial charge is 0.244 e. The van der Waals surface area contributed by atoms with Gasteiger partial charge in [0.2, 0.25) is 5.91 Å². The molecule has 2 aromatic carbocycles. The molecule has 0 N–H and O–H groups in total. The third-order valence-corrected chi connectivity index (χ3v) is 6.91. The van der Waals surface area contributed by atoms with Crippen molar-refractivity contribution in [2.45, 2.75) is 42.9 Å². The minimum absolute atomic E-state index is 0.000750. The van der Waals surface area contributed by atoms with Gasteiger partial charge in [0.15, 0.2) is 0 Å². The molecule has 5 rings (SSSR count). The molecule has 0 spiro atoms. The average Bonchev–Trinajstić information content (AvgIpc) is 3.12. The van der Waals surface area contributed by atoms with Gasteiger partial charge < -0.3 is 0 Å². The van der Waals surface area contributed by atoms with Crippen LogP contribution in [-0.2, 0) is 12.8 Å². The van der Waals surface area contributed by atoms with Crippen LogP contribution in [0.2, 0.25) is 0 Å². The molecule has 148 valence electrons. The Kier molecular flexibility index (Phi) is 4.80. The lowest BCUT2D eigenvalue weighted by molar-refractivity contribution is 0.0925. The molecule has 1 aliphatic carbocycles. The monoisotopic (exact) mass is 411 g/mol. The van der Waals surface area contributed by atoms with E-state index >= 15 is 0 Å². The summed E-state index contributed by atoms with van der Waals surface area (Å²) in [5, 5.41) is 12.1. The Hall–Kier alpha value is -3.10. The number of nitrogens with zero attached hydrogens (tertiary/aromatic N) is 3. The largest absolute Gasteiger partial charge is 0.279 e. The topological polar surface area (TPSA) is 58.7 Å². The van der Waals surface area contributed by atoms with Crippen molar-refractivity contribution in [3.8, 4) is 6.07 Å². The summed E-state index contributed by atoms with van der Waals surface area (Å²) < 4.78 is 1.81. The van der Waals surface area contributed by atoms with Gasteiger partial charge in [-0.05, 0) is 56.4 Å². The predicted octanol–water partition coefficient (Wildman–Crippen LogP) is 5.76. The van der Waals surface area contributed by atoms with Crippen molar-refractivity contribution in [3.63, 3.8) is 0 Å². The van der Waals surface area contributed by atoms with Crippen LogP contribution in [0.3, 0.4) is 0 Å². The lowest BCUT2D eigenvalue weighted by atomic mass is 9.95. The first-order valence-corrected chi connectivity index (χ1v) is 11.2. The molecule has 30 heavy (non-hydrogen) atoms. The Morgan fingerprint density at radius 2 is 1.70 bits per heavy atom. The summed E-state index contributed by atoms with van der Waals surface area (Å²) in [7, 11) is 0. The first kappa shape index (κ1) is 18.9. The molecule has 0 saturated heterocycles. The normalized spacial score (nSPS) is 14.4. The van der Waals surface area contributed by atoms with Crippen molar-refractivity contribution in [3.05, 3.63) is 71.4 Å². The number of carbonyl (C=O) groups is 1. The lowest BCUT2D eigenvalue weighted by Gasteiger charge is -2.18. The number of thioether (sulfide) groups is 1. The van der Waals surface area contributed by atoms with Crippen molar-refractivity contribution < 1.29 is 4.79 Å². The summed E-state index contributed by atoms with van der Waals surface area (Å²) in [6.45, 7) is 1.90. The summed E-state index contributed by atoms with van der Waals surface area (Å²) in [6.07, 6.45) is 4.21. The number of carbonyl (C=O) groups excluding carboxylic acids is 1. The van der Waals surface area contributed by atoms with Gasteiger partial charge in [0.05, 0.1) is 21.8 Å². The quantitative estimate of drug-likeness (QED) is 0.402. The molecule has 0 bridgehead atoms. The first-order valence-electron chi connectivity index (χ1n) is 10.3. The van der Waals surface area contributed by atoms with E-state index in [0.29, 0.717) is 10.6 Å². The van der Waals surface area contributed by atoms with Crippen LogP contribution in [0.5, 0.6) is 0 Å². The molecule has 4 nitrogen and oxygen atoms in total. The maximum atomic E-state index is 13.6. The van der Waals surface area contributed by atoms with Crippen LogP contribution in [0.15, 0.2) is 59.6 Å². The van der Waals surface area contributed by atoms with Crippen LogP contribution in [0.4, 0.5) is 0 Å². The van der Waals surface area contributed by atoms with E-state index < -0.39 is 0 Å². The SMILES string of the molecule is CC(Sc1nc2c(cc1C#N)CCCC2)C(=O)n1c2ccccc2c2ccccc21. The molecule has 1 aliphatic rings. The Bertz CT molecular complexity index is 1280. The number of aromatic nitrogens is 2. The second-order valence-electron chi connectivity index (χ2n) is 7.73. The van der Waals surface area contributed by atoms with Gasteiger partial charge in [-0.25, -0.2) is 4.98 Å². The molecule has 0 amide bonds. The molecule has 0 aliphatic heterocycles. The molecule has 4 aromatic rings. The van der Waals surface area contributed by atoms with Crippen LogP contribution in [-0.4, -0.2) is 20.7 Å². The molecule has 0 saturated carbocycles. The van der Waals surface area contributed by atoms with Crippen molar-refractivity contribution in [1.82, 2.24) is 9.55 Å². The first-order chi connectivity index (χ1) is 14.7. The fourth-order valence-electron chi connectivity index (χ4n) is 4.34. The van der Waals surface area contributed by atoms with Crippen LogP contribution >= 0.6 is 11.8 Å². The van der Waals surface area contributed by atoms with Crippen molar-refractivity contribution in [2.75, 3.05) is 0 Å². The number of hydrogen-bond donors (Lipinski definition) is 0. The van der Waals surface area contributed by atoms with E-state index in [1.54, 1.807) is 0 Å². The summed E-state index contributed by atoms with van der Waals surface area (Å²) in [5.74, 6) is 0.000750. The Balaban J connectivity index is 1.55. The fraction of sp³-hybridized carbons (Fsp3) is 0.240. The van der Waals surface area contributed by atoms with E-state index in [1.165, 1.54) is 17.3 Å². The van der Waals surface area contributed by atoms with Gasteiger partial charge in [0.1, 0.15) is 11.1 Å². The number of aryl methyl sites for hydroxylation is 2. The number of fused-ring (bicyclic) bond motifs is 4. The van der Waals surface area contributed by atoms with Gasteiger partial charge >= 0.3 is 0 Å². The maximum Gasteiger partial charge on any atom is 0.244 e. The molecular formula is C25H21N3OS. The number of hydrogen-bond acceptors (Lipinski definition) is 4. The van der Waals surface area contributed by atoms with E-state index in [0.717, 1.165) is 53.2 Å². The molecule has 0 fully saturated rings. The predicted molar refractivity (Wildman–Crippen MR) is 121 cm³/mol. The number of nitriles is 1. The molecule has 2 heterocycles. The molecule has 1 unspecified atom stereocenters. The van der Waals surface area contributed by atoms with Crippen molar-refractivity contribution in [1.29, 1.82) is 5.26 Å². The average molecular weight is 412 g/mol. The number of benzene rings is 2. The summed E-state index contributed by atoms with van der Waals surface area (Å²) >= 11 is 1.39. The third-order valence-electron chi connectivity index (χ3n) is 5.82. The van der Waals surface area contributed by atoms with E-state index in [9.17, 15) is 10.1 Å². The highest BCUT2D eigenvalue weighted by molar-refractivity contribution is 8.00. The highest BCUT2D eigenvalue weighted by Gasteiger charge is 2.24. The van der Waals surface area contributed by atoms with E-state index in [4.69, 9.17) is 4.98 Å². The number of pyridine rings is 1. The zero-order chi connectivity index (χ0) is 20.7. The summed E-state index contributed by atoms with van der Waals surface area (Å²) in [5.41, 5.74) is 4.66. The Morgan fingerprint density at radius 3 is 2.37 bits per heavy atom. The standard InChI is InChI=1S/C25H21N3OS/c1-16(30-24-18(15-26)14-17-8-2-5-11-21(17)27-24)25(29)28-22-12-6-3-9-19(22)20-10-4-7-13-23(20)28/h3-4,6-7,9-10,12-14,16H,2,5,8,11H2,1H3. The van der Waals surface area contributed by atoms with E-state index in [-0.39, 0.29) is 11.2 Å². The fourth-order valence-corrected chi connectivity index (χ4v) is 5.28. The highest BCUT2D eigenvalue weighted by Crippen LogP contribution is 2.33. The van der Waals surface area contributed by atoms with Crippen molar-refractivity contribution >= 4 is 39.5 Å². The minimum atomic E-state index is -0.370. The number of para-hydroxylation sites is 2. The highest BCUT2D eigenvalue weighted by atomic mass is 32.2. The van der Waals surface area contributed by atoms with Crippen molar-refractivity contribution in [2.24, 2.45) is 0 Å². The van der Waals surface area contributed by atoms with Gasteiger partial charge in [-0.3, -0.25) is 9.36 Å². The molecule has 1 atom stereocenters. The van der Waals surface area contributed by atoms with Crippen LogP contribution in [0.25, 0.3) is 21.8 Å². The van der Waals surface area contributed by atoms with Gasteiger partial charge in [-0.1, -0.05) is 48.2 Å². The molecule has 5 heteroatoms. The van der Waals surface area contributed by atoms with Gasteiger partial charge in [0.25, 0.3) is 0 Å². The minimum Gasteiger partial charge on any atom is -0.279 e. The van der Waals surface area contributed by atoms with E-state index in [1.807, 2.05) is 54.0 Å². The van der Waals surface area contributed by atoms with Gasteiger partial charge in [-0.15, -0.1) is 0 Å². The second kappa shape index (κ2) is 7.62. The van der Waals surface area contributed by atoms with E-state index in [2.05, 4.69) is 18.2 Å². The Labute approximate surface area is 179 Å². The number of rotatable bonds is 3.